The third-order valence-corrected chi connectivity index (χ3v) is 3.24. The molecule has 2 atom stereocenters. The van der Waals surface area contributed by atoms with Crippen molar-refractivity contribution in [3.63, 3.8) is 0 Å². The van der Waals surface area contributed by atoms with Gasteiger partial charge in [-0.1, -0.05) is 23.7 Å². The summed E-state index contributed by atoms with van der Waals surface area (Å²) in [6, 6.07) is 6.43. The van der Waals surface area contributed by atoms with Crippen molar-refractivity contribution in [2.75, 3.05) is 0 Å². The summed E-state index contributed by atoms with van der Waals surface area (Å²) in [6.45, 7) is 3.50. The van der Waals surface area contributed by atoms with Crippen molar-refractivity contribution in [3.8, 4) is 0 Å². The minimum atomic E-state index is -0.805. The summed E-state index contributed by atoms with van der Waals surface area (Å²) in [5.74, 6) is 0.368. The van der Waals surface area contributed by atoms with Gasteiger partial charge in [-0.3, -0.25) is 4.79 Å². The summed E-state index contributed by atoms with van der Waals surface area (Å²) in [5.41, 5.74) is 1.07. The first kappa shape index (κ1) is 14.6. The fourth-order valence-corrected chi connectivity index (χ4v) is 1.97. The van der Waals surface area contributed by atoms with Crippen LogP contribution in [0, 0.1) is 6.92 Å². The first-order chi connectivity index (χ1) is 9.47. The van der Waals surface area contributed by atoms with Crippen LogP contribution in [0.15, 0.2) is 30.5 Å². The number of aromatic amines is 1. The number of aryl methyl sites for hydroxylation is 1. The van der Waals surface area contributed by atoms with E-state index < -0.39 is 12.1 Å². The molecule has 0 spiro atoms. The Morgan fingerprint density at radius 3 is 2.60 bits per heavy atom. The van der Waals surface area contributed by atoms with Gasteiger partial charge in [0, 0.05) is 5.02 Å². The summed E-state index contributed by atoms with van der Waals surface area (Å²) in [4.78, 5) is 18.8. The maximum absolute atomic E-state index is 11.9. The maximum Gasteiger partial charge on any atom is 0.269 e. The van der Waals surface area contributed by atoms with Crippen molar-refractivity contribution >= 4 is 17.5 Å². The van der Waals surface area contributed by atoms with E-state index >= 15 is 0 Å². The van der Waals surface area contributed by atoms with Crippen LogP contribution in [0.25, 0.3) is 0 Å². The molecule has 0 saturated carbocycles. The van der Waals surface area contributed by atoms with E-state index in [0.717, 1.165) is 0 Å². The lowest BCUT2D eigenvalue weighted by Crippen LogP contribution is -2.37. The molecule has 1 heterocycles. The van der Waals surface area contributed by atoms with E-state index in [2.05, 4.69) is 15.3 Å². The second-order valence-corrected chi connectivity index (χ2v) is 5.08. The van der Waals surface area contributed by atoms with Gasteiger partial charge in [0.15, 0.2) is 0 Å². The van der Waals surface area contributed by atoms with Crippen molar-refractivity contribution in [2.24, 2.45) is 0 Å². The standard InChI is InChI=1S/C14H16ClN3O2/c1-8(13(19)10-3-5-11(15)6-4-10)17-14(20)12-7-16-9(2)18-12/h3-8,13,19H,1-2H3,(H,16,18)(H,17,20). The van der Waals surface area contributed by atoms with Crippen molar-refractivity contribution < 1.29 is 9.90 Å². The number of carbonyl (C=O) groups is 1. The Hall–Kier alpha value is -1.85. The predicted molar refractivity (Wildman–Crippen MR) is 76.7 cm³/mol. The van der Waals surface area contributed by atoms with Gasteiger partial charge in [0.2, 0.25) is 0 Å². The quantitative estimate of drug-likeness (QED) is 0.809. The van der Waals surface area contributed by atoms with Crippen LogP contribution in [-0.2, 0) is 0 Å². The summed E-state index contributed by atoms with van der Waals surface area (Å²) >= 11 is 5.80. The molecule has 0 radical (unpaired) electrons. The highest BCUT2D eigenvalue weighted by Gasteiger charge is 2.19. The van der Waals surface area contributed by atoms with Gasteiger partial charge >= 0.3 is 0 Å². The van der Waals surface area contributed by atoms with Gasteiger partial charge in [-0.05, 0) is 31.5 Å². The number of nitrogens with one attached hydrogen (secondary N) is 2. The Labute approximate surface area is 122 Å². The molecule has 1 aromatic carbocycles. The number of aromatic nitrogens is 2. The molecule has 0 aliphatic heterocycles. The van der Waals surface area contributed by atoms with Crippen molar-refractivity contribution in [3.05, 3.63) is 52.6 Å². The van der Waals surface area contributed by atoms with Crippen molar-refractivity contribution in [1.29, 1.82) is 0 Å². The van der Waals surface area contributed by atoms with Gasteiger partial charge in [-0.2, -0.15) is 0 Å². The Bertz CT molecular complexity index is 595. The zero-order valence-electron chi connectivity index (χ0n) is 11.2. The van der Waals surface area contributed by atoms with E-state index in [0.29, 0.717) is 22.1 Å². The van der Waals surface area contributed by atoms with Gasteiger partial charge in [-0.25, -0.2) is 4.98 Å². The molecule has 2 unspecified atom stereocenters. The normalized spacial score (nSPS) is 13.8. The maximum atomic E-state index is 11.9. The van der Waals surface area contributed by atoms with Crippen LogP contribution < -0.4 is 5.32 Å². The lowest BCUT2D eigenvalue weighted by molar-refractivity contribution is 0.0847. The molecular formula is C14H16ClN3O2. The van der Waals surface area contributed by atoms with Gasteiger partial charge in [-0.15, -0.1) is 0 Å². The number of rotatable bonds is 4. The van der Waals surface area contributed by atoms with E-state index in [1.54, 1.807) is 38.1 Å². The Balaban J connectivity index is 2.02. The van der Waals surface area contributed by atoms with Crippen LogP contribution in [0.5, 0.6) is 0 Å². The second kappa shape index (κ2) is 6.07. The molecule has 1 amide bonds. The number of imidazole rings is 1. The second-order valence-electron chi connectivity index (χ2n) is 4.64. The van der Waals surface area contributed by atoms with Gasteiger partial charge < -0.3 is 15.4 Å². The Kier molecular flexibility index (Phi) is 4.42. The largest absolute Gasteiger partial charge is 0.386 e. The van der Waals surface area contributed by atoms with Crippen molar-refractivity contribution in [1.82, 2.24) is 15.3 Å². The van der Waals surface area contributed by atoms with E-state index in [1.807, 2.05) is 0 Å². The topological polar surface area (TPSA) is 78.0 Å². The predicted octanol–water partition coefficient (Wildman–Crippen LogP) is 2.22. The Morgan fingerprint density at radius 2 is 2.05 bits per heavy atom. The molecule has 0 bridgehead atoms. The number of aliphatic hydroxyl groups excluding tert-OH is 1. The molecule has 0 aliphatic rings. The highest BCUT2D eigenvalue weighted by atomic mass is 35.5. The SMILES string of the molecule is Cc1ncc(C(=O)NC(C)C(O)c2ccc(Cl)cc2)[nH]1. The molecule has 1 aromatic heterocycles. The van der Waals surface area contributed by atoms with Crippen molar-refractivity contribution in [2.45, 2.75) is 26.0 Å². The fraction of sp³-hybridized carbons (Fsp3) is 0.286. The van der Waals surface area contributed by atoms with Crippen LogP contribution in [0.1, 0.15) is 34.9 Å². The molecular weight excluding hydrogens is 278 g/mol. The smallest absolute Gasteiger partial charge is 0.269 e. The summed E-state index contributed by atoms with van der Waals surface area (Å²) in [7, 11) is 0. The molecule has 6 heteroatoms. The molecule has 0 saturated heterocycles. The van der Waals surface area contributed by atoms with Crippen LogP contribution in [-0.4, -0.2) is 27.0 Å². The van der Waals surface area contributed by atoms with Gasteiger partial charge in [0.05, 0.1) is 18.3 Å². The molecule has 0 fully saturated rings. The zero-order chi connectivity index (χ0) is 14.7. The molecule has 106 valence electrons. The van der Waals surface area contributed by atoms with E-state index in [9.17, 15) is 9.90 Å². The average molecular weight is 294 g/mol. The van der Waals surface area contributed by atoms with E-state index in [1.165, 1.54) is 6.20 Å². The lowest BCUT2D eigenvalue weighted by atomic mass is 10.0. The highest BCUT2D eigenvalue weighted by Crippen LogP contribution is 2.19. The minimum absolute atomic E-state index is 0.300. The van der Waals surface area contributed by atoms with Gasteiger partial charge in [0.1, 0.15) is 11.5 Å². The molecule has 2 aromatic rings. The number of hydrogen-bond donors (Lipinski definition) is 3. The summed E-state index contributed by atoms with van der Waals surface area (Å²) < 4.78 is 0. The third kappa shape index (κ3) is 3.37. The van der Waals surface area contributed by atoms with Crippen LogP contribution in [0.3, 0.4) is 0 Å². The lowest BCUT2D eigenvalue weighted by Gasteiger charge is -2.20. The number of H-pyrrole nitrogens is 1. The third-order valence-electron chi connectivity index (χ3n) is 2.99. The highest BCUT2D eigenvalue weighted by molar-refractivity contribution is 6.30. The summed E-state index contributed by atoms with van der Waals surface area (Å²) in [6.07, 6.45) is 0.659. The number of carbonyl (C=O) groups excluding carboxylic acids is 1. The number of halogens is 1. The van der Waals surface area contributed by atoms with Crippen LogP contribution >= 0.6 is 11.6 Å². The van der Waals surface area contributed by atoms with E-state index in [-0.39, 0.29) is 5.91 Å². The monoisotopic (exact) mass is 293 g/mol. The van der Waals surface area contributed by atoms with Crippen LogP contribution in [0.4, 0.5) is 0 Å². The molecule has 0 aliphatic carbocycles. The number of nitrogens with zero attached hydrogens (tertiary/aromatic N) is 1. The molecule has 5 nitrogen and oxygen atoms in total. The fourth-order valence-electron chi connectivity index (χ4n) is 1.85. The van der Waals surface area contributed by atoms with Crippen LogP contribution in [0.2, 0.25) is 5.02 Å². The zero-order valence-corrected chi connectivity index (χ0v) is 12.0. The Morgan fingerprint density at radius 1 is 1.40 bits per heavy atom. The number of amides is 1. The average Bonchev–Trinajstić information content (AvgIpc) is 2.85. The molecule has 20 heavy (non-hydrogen) atoms. The first-order valence-corrected chi connectivity index (χ1v) is 6.61. The molecule has 3 N–H and O–H groups in total. The van der Waals surface area contributed by atoms with Gasteiger partial charge in [0.25, 0.3) is 5.91 Å². The summed E-state index contributed by atoms with van der Waals surface area (Å²) in [5, 5.41) is 13.5. The molecule has 2 rings (SSSR count). The minimum Gasteiger partial charge on any atom is -0.386 e. The number of hydrogen-bond acceptors (Lipinski definition) is 3. The first-order valence-electron chi connectivity index (χ1n) is 6.23. The number of aliphatic hydroxyl groups is 1. The number of benzene rings is 1. The van der Waals surface area contributed by atoms with E-state index in [4.69, 9.17) is 11.6 Å².